The van der Waals surface area contributed by atoms with E-state index in [0.29, 0.717) is 11.3 Å². The molecule has 2 aromatic rings. The first kappa shape index (κ1) is 11.9. The quantitative estimate of drug-likeness (QED) is 0.860. The second-order valence-electron chi connectivity index (χ2n) is 3.68. The summed E-state index contributed by atoms with van der Waals surface area (Å²) >= 11 is 0. The molecule has 0 aliphatic carbocycles. The Morgan fingerprint density at radius 3 is 2.61 bits per heavy atom. The Labute approximate surface area is 101 Å². The SMILES string of the molecule is Cc1noc(NC(=O)c2cc(C(=O)O)co2)c1C. The smallest absolute Gasteiger partial charge is 0.338 e. The number of nitrogens with zero attached hydrogens (tertiary/aromatic N) is 1. The van der Waals surface area contributed by atoms with Crippen LogP contribution in [-0.2, 0) is 0 Å². The average molecular weight is 250 g/mol. The van der Waals surface area contributed by atoms with E-state index in [0.717, 1.165) is 12.3 Å². The van der Waals surface area contributed by atoms with Crippen molar-refractivity contribution in [2.45, 2.75) is 13.8 Å². The normalized spacial score (nSPS) is 10.3. The van der Waals surface area contributed by atoms with Crippen molar-refractivity contribution in [1.82, 2.24) is 5.16 Å². The number of furan rings is 1. The zero-order valence-corrected chi connectivity index (χ0v) is 9.68. The monoisotopic (exact) mass is 250 g/mol. The van der Waals surface area contributed by atoms with Crippen LogP contribution in [0.4, 0.5) is 5.88 Å². The number of anilines is 1. The lowest BCUT2D eigenvalue weighted by Crippen LogP contribution is -2.11. The zero-order valence-electron chi connectivity index (χ0n) is 9.68. The van der Waals surface area contributed by atoms with Gasteiger partial charge in [0.05, 0.1) is 11.3 Å². The number of aryl methyl sites for hydroxylation is 1. The Morgan fingerprint density at radius 1 is 1.39 bits per heavy atom. The van der Waals surface area contributed by atoms with E-state index in [-0.39, 0.29) is 17.2 Å². The predicted molar refractivity (Wildman–Crippen MR) is 59.6 cm³/mol. The van der Waals surface area contributed by atoms with Crippen molar-refractivity contribution in [3.05, 3.63) is 34.9 Å². The highest BCUT2D eigenvalue weighted by Crippen LogP contribution is 2.18. The molecule has 0 spiro atoms. The highest BCUT2D eigenvalue weighted by atomic mass is 16.5. The fourth-order valence-corrected chi connectivity index (χ4v) is 1.26. The summed E-state index contributed by atoms with van der Waals surface area (Å²) in [5, 5.41) is 14.8. The molecule has 0 bridgehead atoms. The van der Waals surface area contributed by atoms with E-state index in [1.165, 1.54) is 0 Å². The molecule has 0 aliphatic rings. The number of hydrogen-bond acceptors (Lipinski definition) is 5. The van der Waals surface area contributed by atoms with Crippen LogP contribution >= 0.6 is 0 Å². The van der Waals surface area contributed by atoms with Crippen molar-refractivity contribution >= 4 is 17.8 Å². The van der Waals surface area contributed by atoms with Crippen molar-refractivity contribution < 1.29 is 23.6 Å². The number of aromatic carboxylic acids is 1. The molecule has 0 atom stereocenters. The standard InChI is InChI=1S/C11H10N2O5/c1-5-6(2)13-18-10(5)12-9(14)8-3-7(4-17-8)11(15)16/h3-4H,1-2H3,(H,12,14)(H,15,16). The summed E-state index contributed by atoms with van der Waals surface area (Å²) in [6.07, 6.45) is 0.996. The Balaban J connectivity index is 2.17. The Hall–Kier alpha value is -2.57. The van der Waals surface area contributed by atoms with E-state index < -0.39 is 11.9 Å². The van der Waals surface area contributed by atoms with Crippen LogP contribution in [0.1, 0.15) is 32.2 Å². The van der Waals surface area contributed by atoms with Gasteiger partial charge in [-0.05, 0) is 13.8 Å². The van der Waals surface area contributed by atoms with Crippen molar-refractivity contribution in [3.8, 4) is 0 Å². The number of amides is 1. The van der Waals surface area contributed by atoms with E-state index in [1.807, 2.05) is 0 Å². The molecule has 1 amide bonds. The molecule has 94 valence electrons. The molecule has 2 aromatic heterocycles. The first-order valence-electron chi connectivity index (χ1n) is 5.05. The van der Waals surface area contributed by atoms with Gasteiger partial charge in [-0.25, -0.2) is 4.79 Å². The Bertz CT molecular complexity index is 611. The molecule has 0 aromatic carbocycles. The first-order chi connectivity index (χ1) is 8.49. The molecule has 2 N–H and O–H groups in total. The van der Waals surface area contributed by atoms with Crippen LogP contribution in [-0.4, -0.2) is 22.1 Å². The second kappa shape index (κ2) is 4.36. The van der Waals surface area contributed by atoms with Gasteiger partial charge in [0.2, 0.25) is 5.88 Å². The number of aromatic nitrogens is 1. The Kier molecular flexibility index (Phi) is 2.88. The fourth-order valence-electron chi connectivity index (χ4n) is 1.26. The molecular weight excluding hydrogens is 240 g/mol. The number of nitrogens with one attached hydrogen (secondary N) is 1. The Morgan fingerprint density at radius 2 is 2.11 bits per heavy atom. The van der Waals surface area contributed by atoms with Crippen LogP contribution in [0.2, 0.25) is 0 Å². The van der Waals surface area contributed by atoms with Gasteiger partial charge in [-0.3, -0.25) is 10.1 Å². The maximum absolute atomic E-state index is 11.7. The third kappa shape index (κ3) is 2.10. The summed E-state index contributed by atoms with van der Waals surface area (Å²) in [6, 6.07) is 1.14. The lowest BCUT2D eigenvalue weighted by atomic mass is 10.2. The van der Waals surface area contributed by atoms with Crippen LogP contribution < -0.4 is 5.32 Å². The van der Waals surface area contributed by atoms with E-state index in [9.17, 15) is 9.59 Å². The zero-order chi connectivity index (χ0) is 13.3. The minimum Gasteiger partial charge on any atom is -0.478 e. The molecule has 7 heteroatoms. The van der Waals surface area contributed by atoms with Crippen molar-refractivity contribution in [1.29, 1.82) is 0 Å². The first-order valence-corrected chi connectivity index (χ1v) is 5.05. The molecule has 2 rings (SSSR count). The van der Waals surface area contributed by atoms with Crippen LogP contribution in [0, 0.1) is 13.8 Å². The summed E-state index contributed by atoms with van der Waals surface area (Å²) in [5.74, 6) is -1.65. The number of carbonyl (C=O) groups is 2. The van der Waals surface area contributed by atoms with E-state index >= 15 is 0 Å². The molecule has 0 saturated carbocycles. The molecule has 0 aliphatic heterocycles. The van der Waals surface area contributed by atoms with Gasteiger partial charge >= 0.3 is 5.97 Å². The van der Waals surface area contributed by atoms with E-state index in [1.54, 1.807) is 13.8 Å². The molecule has 18 heavy (non-hydrogen) atoms. The highest BCUT2D eigenvalue weighted by molar-refractivity contribution is 6.03. The lowest BCUT2D eigenvalue weighted by molar-refractivity contribution is 0.0696. The van der Waals surface area contributed by atoms with Crippen LogP contribution in [0.25, 0.3) is 0 Å². The fraction of sp³-hybridized carbons (Fsp3) is 0.182. The largest absolute Gasteiger partial charge is 0.478 e. The maximum atomic E-state index is 11.7. The summed E-state index contributed by atoms with van der Waals surface area (Å²) < 4.78 is 9.75. The third-order valence-electron chi connectivity index (χ3n) is 2.45. The topological polar surface area (TPSA) is 106 Å². The van der Waals surface area contributed by atoms with E-state index in [4.69, 9.17) is 14.0 Å². The molecule has 0 radical (unpaired) electrons. The van der Waals surface area contributed by atoms with Crippen LogP contribution in [0.5, 0.6) is 0 Å². The number of rotatable bonds is 3. The van der Waals surface area contributed by atoms with Crippen molar-refractivity contribution in [3.63, 3.8) is 0 Å². The third-order valence-corrected chi connectivity index (χ3v) is 2.45. The molecular formula is C11H10N2O5. The van der Waals surface area contributed by atoms with Crippen LogP contribution in [0.15, 0.2) is 21.3 Å². The molecule has 2 heterocycles. The predicted octanol–water partition coefficient (Wildman–Crippen LogP) is 1.83. The molecule has 0 fully saturated rings. The van der Waals surface area contributed by atoms with Gasteiger partial charge in [0.25, 0.3) is 5.91 Å². The molecule has 7 nitrogen and oxygen atoms in total. The molecule has 0 unspecified atom stereocenters. The van der Waals surface area contributed by atoms with Gasteiger partial charge in [0, 0.05) is 11.6 Å². The summed E-state index contributed by atoms with van der Waals surface area (Å²) in [6.45, 7) is 3.48. The van der Waals surface area contributed by atoms with Gasteiger partial charge in [-0.15, -0.1) is 0 Å². The molecule has 0 saturated heterocycles. The summed E-state index contributed by atoms with van der Waals surface area (Å²) in [4.78, 5) is 22.4. The van der Waals surface area contributed by atoms with Gasteiger partial charge in [0.1, 0.15) is 6.26 Å². The number of hydrogen-bond donors (Lipinski definition) is 2. The number of carboxylic acid groups (broad SMARTS) is 1. The van der Waals surface area contributed by atoms with E-state index in [2.05, 4.69) is 10.5 Å². The van der Waals surface area contributed by atoms with Crippen molar-refractivity contribution in [2.75, 3.05) is 5.32 Å². The van der Waals surface area contributed by atoms with Gasteiger partial charge < -0.3 is 14.0 Å². The maximum Gasteiger partial charge on any atom is 0.338 e. The summed E-state index contributed by atoms with van der Waals surface area (Å²) in [5.41, 5.74) is 1.27. The lowest BCUT2D eigenvalue weighted by Gasteiger charge is -1.98. The second-order valence-corrected chi connectivity index (χ2v) is 3.68. The number of carboxylic acids is 1. The van der Waals surface area contributed by atoms with Gasteiger partial charge in [0.15, 0.2) is 5.76 Å². The average Bonchev–Trinajstić information content (AvgIpc) is 2.91. The minimum atomic E-state index is -1.16. The van der Waals surface area contributed by atoms with Crippen LogP contribution in [0.3, 0.4) is 0 Å². The van der Waals surface area contributed by atoms with Gasteiger partial charge in [-0.1, -0.05) is 5.16 Å². The summed E-state index contributed by atoms with van der Waals surface area (Å²) in [7, 11) is 0. The minimum absolute atomic E-state index is 0.0920. The van der Waals surface area contributed by atoms with Gasteiger partial charge in [-0.2, -0.15) is 0 Å². The number of carbonyl (C=O) groups excluding carboxylic acids is 1. The highest BCUT2D eigenvalue weighted by Gasteiger charge is 2.17. The van der Waals surface area contributed by atoms with Crippen molar-refractivity contribution in [2.24, 2.45) is 0 Å².